The number of oxime groups is 1. The van der Waals surface area contributed by atoms with Gasteiger partial charge in [-0.05, 0) is 0 Å². The summed E-state index contributed by atoms with van der Waals surface area (Å²) in [7, 11) is 1.06. The third-order valence-corrected chi connectivity index (χ3v) is 1.53. The van der Waals surface area contributed by atoms with Crippen LogP contribution in [0.25, 0.3) is 0 Å². The van der Waals surface area contributed by atoms with Crippen molar-refractivity contribution >= 4 is 6.21 Å². The Labute approximate surface area is 81.0 Å². The summed E-state index contributed by atoms with van der Waals surface area (Å²) in [5, 5.41) is 2.91. The van der Waals surface area contributed by atoms with E-state index < -0.39 is 34.6 Å². The largest absolute Gasteiger partial charge is 0.399 e. The lowest BCUT2D eigenvalue weighted by atomic mass is 10.2. The Hall–Kier alpha value is -1.66. The van der Waals surface area contributed by atoms with E-state index in [2.05, 4.69) is 9.99 Å². The van der Waals surface area contributed by atoms with Crippen LogP contribution in [0.1, 0.15) is 5.56 Å². The van der Waals surface area contributed by atoms with E-state index in [-0.39, 0.29) is 0 Å². The van der Waals surface area contributed by atoms with Crippen molar-refractivity contribution in [1.29, 1.82) is 0 Å². The van der Waals surface area contributed by atoms with Crippen LogP contribution >= 0.6 is 0 Å². The van der Waals surface area contributed by atoms with E-state index in [4.69, 9.17) is 0 Å². The zero-order valence-electron chi connectivity index (χ0n) is 7.32. The van der Waals surface area contributed by atoms with Gasteiger partial charge in [-0.3, -0.25) is 0 Å². The summed E-state index contributed by atoms with van der Waals surface area (Å²) in [5.74, 6) is -10.2. The van der Waals surface area contributed by atoms with Gasteiger partial charge in [-0.2, -0.15) is 0 Å². The highest BCUT2D eigenvalue weighted by Crippen LogP contribution is 2.21. The number of rotatable bonds is 2. The average Bonchev–Trinajstić information content (AvgIpc) is 2.24. The molecule has 0 spiro atoms. The van der Waals surface area contributed by atoms with Crippen LogP contribution in [0.5, 0.6) is 0 Å². The molecule has 1 aromatic rings. The van der Waals surface area contributed by atoms with Crippen LogP contribution in [0.4, 0.5) is 22.0 Å². The first kappa shape index (κ1) is 11.4. The minimum Gasteiger partial charge on any atom is -0.399 e. The Morgan fingerprint density at radius 1 is 0.867 bits per heavy atom. The molecule has 0 radical (unpaired) electrons. The maximum absolute atomic E-state index is 12.9. The molecule has 0 bridgehead atoms. The Balaban J connectivity index is 3.45. The van der Waals surface area contributed by atoms with E-state index >= 15 is 0 Å². The summed E-state index contributed by atoms with van der Waals surface area (Å²) in [6.45, 7) is 0. The van der Waals surface area contributed by atoms with E-state index in [1.54, 1.807) is 0 Å². The minimum atomic E-state index is -2.21. The van der Waals surface area contributed by atoms with Gasteiger partial charge in [0.05, 0.1) is 11.8 Å². The van der Waals surface area contributed by atoms with Crippen LogP contribution in [0.2, 0.25) is 0 Å². The van der Waals surface area contributed by atoms with Crippen LogP contribution in [-0.2, 0) is 4.84 Å². The van der Waals surface area contributed by atoms with Gasteiger partial charge in [0.2, 0.25) is 5.82 Å². The standard InChI is InChI=1S/C8H4F5NO/c1-15-14-2-3-4(9)6(11)8(13)7(12)5(3)10/h2H,1H3. The van der Waals surface area contributed by atoms with Crippen LogP contribution in [0, 0.1) is 29.1 Å². The fraction of sp³-hybridized carbons (Fsp3) is 0.125. The monoisotopic (exact) mass is 225 g/mol. The Bertz CT molecular complexity index is 389. The average molecular weight is 225 g/mol. The number of halogens is 5. The molecular weight excluding hydrogens is 221 g/mol. The fourth-order valence-corrected chi connectivity index (χ4v) is 0.841. The van der Waals surface area contributed by atoms with E-state index in [1.807, 2.05) is 0 Å². The van der Waals surface area contributed by atoms with Crippen molar-refractivity contribution in [3.05, 3.63) is 34.6 Å². The highest BCUT2D eigenvalue weighted by atomic mass is 19.2. The molecule has 0 saturated carbocycles. The molecule has 0 amide bonds. The first-order valence-electron chi connectivity index (χ1n) is 3.58. The first-order chi connectivity index (χ1) is 7.00. The lowest BCUT2D eigenvalue weighted by Gasteiger charge is -2.02. The van der Waals surface area contributed by atoms with Gasteiger partial charge in [-0.1, -0.05) is 5.16 Å². The number of nitrogens with zero attached hydrogens (tertiary/aromatic N) is 1. The molecule has 0 fully saturated rings. The third-order valence-electron chi connectivity index (χ3n) is 1.53. The summed E-state index contributed by atoms with van der Waals surface area (Å²) < 4.78 is 63.4. The predicted octanol–water partition coefficient (Wildman–Crippen LogP) is 2.36. The van der Waals surface area contributed by atoms with E-state index in [0.717, 1.165) is 7.11 Å². The first-order valence-corrected chi connectivity index (χ1v) is 3.58. The molecule has 7 heteroatoms. The molecular formula is C8H4F5NO. The molecule has 0 aliphatic rings. The molecule has 82 valence electrons. The maximum Gasteiger partial charge on any atom is 0.200 e. The molecule has 0 N–H and O–H groups in total. The molecule has 0 atom stereocenters. The van der Waals surface area contributed by atoms with Gasteiger partial charge in [0, 0.05) is 0 Å². The molecule has 0 saturated heterocycles. The van der Waals surface area contributed by atoms with Crippen molar-refractivity contribution in [2.24, 2.45) is 5.16 Å². The maximum atomic E-state index is 12.9. The van der Waals surface area contributed by atoms with Gasteiger partial charge in [-0.15, -0.1) is 0 Å². The van der Waals surface area contributed by atoms with Crippen LogP contribution < -0.4 is 0 Å². The third kappa shape index (κ3) is 1.90. The van der Waals surface area contributed by atoms with Crippen molar-refractivity contribution < 1.29 is 26.8 Å². The number of hydrogen-bond donors (Lipinski definition) is 0. The van der Waals surface area contributed by atoms with Crippen molar-refractivity contribution in [2.75, 3.05) is 7.11 Å². The summed E-state index contributed by atoms with van der Waals surface area (Å²) >= 11 is 0. The zero-order chi connectivity index (χ0) is 11.6. The molecule has 0 aliphatic carbocycles. The highest BCUT2D eigenvalue weighted by Gasteiger charge is 2.24. The Kier molecular flexibility index (Phi) is 3.23. The van der Waals surface area contributed by atoms with Crippen molar-refractivity contribution in [2.45, 2.75) is 0 Å². The summed E-state index contributed by atoms with van der Waals surface area (Å²) in [6.07, 6.45) is 0.399. The molecule has 15 heavy (non-hydrogen) atoms. The molecule has 0 aliphatic heterocycles. The lowest BCUT2D eigenvalue weighted by molar-refractivity contribution is 0.215. The Morgan fingerprint density at radius 2 is 1.27 bits per heavy atom. The smallest absolute Gasteiger partial charge is 0.200 e. The molecule has 1 aromatic carbocycles. The fourth-order valence-electron chi connectivity index (χ4n) is 0.841. The second-order valence-corrected chi connectivity index (χ2v) is 2.40. The van der Waals surface area contributed by atoms with Crippen molar-refractivity contribution in [1.82, 2.24) is 0 Å². The molecule has 0 aromatic heterocycles. The normalized spacial score (nSPS) is 11.1. The van der Waals surface area contributed by atoms with E-state index in [1.165, 1.54) is 0 Å². The van der Waals surface area contributed by atoms with Gasteiger partial charge in [-0.25, -0.2) is 22.0 Å². The van der Waals surface area contributed by atoms with Crippen molar-refractivity contribution in [3.8, 4) is 0 Å². The molecule has 0 heterocycles. The van der Waals surface area contributed by atoms with Gasteiger partial charge < -0.3 is 4.84 Å². The number of benzene rings is 1. The van der Waals surface area contributed by atoms with E-state index in [9.17, 15) is 22.0 Å². The molecule has 2 nitrogen and oxygen atoms in total. The SMILES string of the molecule is CON=Cc1c(F)c(F)c(F)c(F)c1F. The summed E-state index contributed by atoms with van der Waals surface area (Å²) in [5.41, 5.74) is -1.15. The zero-order valence-corrected chi connectivity index (χ0v) is 7.32. The topological polar surface area (TPSA) is 21.6 Å². The molecule has 1 rings (SSSR count). The van der Waals surface area contributed by atoms with Crippen LogP contribution in [-0.4, -0.2) is 13.3 Å². The second-order valence-electron chi connectivity index (χ2n) is 2.40. The highest BCUT2D eigenvalue weighted by molar-refractivity contribution is 5.80. The predicted molar refractivity (Wildman–Crippen MR) is 40.8 cm³/mol. The van der Waals surface area contributed by atoms with Gasteiger partial charge in [0.25, 0.3) is 0 Å². The quantitative estimate of drug-likeness (QED) is 0.249. The lowest BCUT2D eigenvalue weighted by Crippen LogP contribution is -2.06. The van der Waals surface area contributed by atoms with Gasteiger partial charge in [0.15, 0.2) is 23.3 Å². The summed E-state index contributed by atoms with van der Waals surface area (Å²) in [6, 6.07) is 0. The van der Waals surface area contributed by atoms with Crippen molar-refractivity contribution in [3.63, 3.8) is 0 Å². The van der Waals surface area contributed by atoms with Crippen LogP contribution in [0.3, 0.4) is 0 Å². The van der Waals surface area contributed by atoms with E-state index in [0.29, 0.717) is 6.21 Å². The summed E-state index contributed by atoms with van der Waals surface area (Å²) in [4.78, 5) is 4.06. The second kappa shape index (κ2) is 4.24. The number of hydrogen-bond acceptors (Lipinski definition) is 2. The van der Waals surface area contributed by atoms with Crippen LogP contribution in [0.15, 0.2) is 5.16 Å². The van der Waals surface area contributed by atoms with Gasteiger partial charge in [0.1, 0.15) is 7.11 Å². The Morgan fingerprint density at radius 3 is 1.67 bits per heavy atom. The minimum absolute atomic E-state index is 0.399. The van der Waals surface area contributed by atoms with Gasteiger partial charge >= 0.3 is 0 Å². The molecule has 0 unspecified atom stereocenters.